The third-order valence-corrected chi connectivity index (χ3v) is 3.89. The van der Waals surface area contributed by atoms with Crippen molar-refractivity contribution in [3.8, 4) is 17.1 Å². The first-order valence-electron chi connectivity index (χ1n) is 8.16. The van der Waals surface area contributed by atoms with Crippen LogP contribution in [-0.2, 0) is 20.1 Å². The molecule has 9 heteroatoms. The Morgan fingerprint density at radius 1 is 1.19 bits per heavy atom. The normalized spacial score (nSPS) is 11.4. The van der Waals surface area contributed by atoms with E-state index < -0.39 is 0 Å². The second-order valence-electron chi connectivity index (χ2n) is 5.56. The van der Waals surface area contributed by atoms with Gasteiger partial charge in [0.1, 0.15) is 11.6 Å². The Labute approximate surface area is 151 Å². The fourth-order valence-corrected chi connectivity index (χ4v) is 2.38. The van der Waals surface area contributed by atoms with Crippen LogP contribution in [0, 0.1) is 0 Å². The van der Waals surface area contributed by atoms with Crippen LogP contribution in [0.1, 0.15) is 11.5 Å². The highest BCUT2D eigenvalue weighted by Crippen LogP contribution is 2.18. The van der Waals surface area contributed by atoms with E-state index in [0.717, 1.165) is 22.8 Å². The number of nitrogens with zero attached hydrogens (tertiary/aromatic N) is 5. The lowest BCUT2D eigenvalue weighted by Gasteiger charge is -2.10. The summed E-state index contributed by atoms with van der Waals surface area (Å²) in [7, 11) is 5.27. The first-order valence-corrected chi connectivity index (χ1v) is 8.16. The number of hydrogen-bond acceptors (Lipinski definition) is 5. The smallest absolute Gasteiger partial charge is 0.191 e. The van der Waals surface area contributed by atoms with Gasteiger partial charge in [0, 0.05) is 25.9 Å². The minimum Gasteiger partial charge on any atom is -0.497 e. The van der Waals surface area contributed by atoms with Crippen LogP contribution >= 0.6 is 0 Å². The predicted octanol–water partition coefficient (Wildman–Crippen LogP) is 1.08. The van der Waals surface area contributed by atoms with Gasteiger partial charge in [-0.1, -0.05) is 0 Å². The number of H-pyrrole nitrogens is 1. The van der Waals surface area contributed by atoms with E-state index in [1.807, 2.05) is 42.1 Å². The number of nitrogens with one attached hydrogen (secondary N) is 3. The molecule has 0 unspecified atom stereocenters. The molecular formula is C17H22N8O. The summed E-state index contributed by atoms with van der Waals surface area (Å²) in [5.74, 6) is 2.84. The molecule has 3 aromatic rings. The Hall–Kier alpha value is -3.36. The number of aromatic amines is 1. The second-order valence-corrected chi connectivity index (χ2v) is 5.56. The van der Waals surface area contributed by atoms with Crippen LogP contribution in [0.5, 0.6) is 5.75 Å². The van der Waals surface area contributed by atoms with Crippen molar-refractivity contribution >= 4 is 5.96 Å². The second kappa shape index (κ2) is 8.15. The van der Waals surface area contributed by atoms with Crippen molar-refractivity contribution in [3.05, 3.63) is 48.0 Å². The van der Waals surface area contributed by atoms with Gasteiger partial charge in [-0.15, -0.1) is 0 Å². The van der Waals surface area contributed by atoms with Crippen LogP contribution in [0.25, 0.3) is 11.4 Å². The molecule has 0 aliphatic rings. The Kier molecular flexibility index (Phi) is 5.47. The van der Waals surface area contributed by atoms with Gasteiger partial charge in [-0.3, -0.25) is 14.8 Å². The van der Waals surface area contributed by atoms with Gasteiger partial charge in [-0.2, -0.15) is 10.2 Å². The SMILES string of the molecule is CN=C(NCc1nc(-c2ccc(OC)cc2)n[nH]1)NCc1ccnn1C. The first-order chi connectivity index (χ1) is 12.7. The van der Waals surface area contributed by atoms with E-state index in [1.54, 1.807) is 20.4 Å². The lowest BCUT2D eigenvalue weighted by atomic mass is 10.2. The number of benzene rings is 1. The molecule has 0 radical (unpaired) electrons. The number of guanidine groups is 1. The summed E-state index contributed by atoms with van der Waals surface area (Å²) in [6.07, 6.45) is 1.77. The van der Waals surface area contributed by atoms with E-state index >= 15 is 0 Å². The van der Waals surface area contributed by atoms with E-state index in [2.05, 4.69) is 35.9 Å². The molecule has 3 N–H and O–H groups in total. The van der Waals surface area contributed by atoms with Crippen molar-refractivity contribution < 1.29 is 4.74 Å². The predicted molar refractivity (Wildman–Crippen MR) is 98.6 cm³/mol. The molecule has 0 aliphatic carbocycles. The number of aryl methyl sites for hydroxylation is 1. The molecule has 1 aromatic carbocycles. The fourth-order valence-electron chi connectivity index (χ4n) is 2.38. The van der Waals surface area contributed by atoms with E-state index in [-0.39, 0.29) is 0 Å². The van der Waals surface area contributed by atoms with Crippen LogP contribution in [0.2, 0.25) is 0 Å². The summed E-state index contributed by atoms with van der Waals surface area (Å²) in [5.41, 5.74) is 1.99. The Morgan fingerprint density at radius 3 is 2.62 bits per heavy atom. The molecule has 0 saturated carbocycles. The third-order valence-electron chi connectivity index (χ3n) is 3.89. The van der Waals surface area contributed by atoms with Crippen LogP contribution < -0.4 is 15.4 Å². The summed E-state index contributed by atoms with van der Waals surface area (Å²) in [4.78, 5) is 8.70. The molecular weight excluding hydrogens is 332 g/mol. The van der Waals surface area contributed by atoms with E-state index in [1.165, 1.54) is 0 Å². The third kappa shape index (κ3) is 4.18. The maximum atomic E-state index is 5.16. The average molecular weight is 354 g/mol. The number of aliphatic imine (C=N–C) groups is 1. The number of aromatic nitrogens is 5. The van der Waals surface area contributed by atoms with Crippen molar-refractivity contribution in [2.45, 2.75) is 13.1 Å². The number of rotatable bonds is 6. The van der Waals surface area contributed by atoms with E-state index in [0.29, 0.717) is 24.9 Å². The van der Waals surface area contributed by atoms with Crippen LogP contribution in [0.3, 0.4) is 0 Å². The average Bonchev–Trinajstić information content (AvgIpc) is 3.31. The largest absolute Gasteiger partial charge is 0.497 e. The molecule has 0 bridgehead atoms. The number of hydrogen-bond donors (Lipinski definition) is 3. The van der Waals surface area contributed by atoms with Crippen molar-refractivity contribution in [2.24, 2.45) is 12.0 Å². The number of ether oxygens (including phenoxy) is 1. The molecule has 0 amide bonds. The highest BCUT2D eigenvalue weighted by molar-refractivity contribution is 5.79. The van der Waals surface area contributed by atoms with E-state index in [9.17, 15) is 0 Å². The summed E-state index contributed by atoms with van der Waals surface area (Å²) in [5, 5.41) is 17.8. The number of methoxy groups -OCH3 is 1. The Balaban J connectivity index is 1.55. The van der Waals surface area contributed by atoms with E-state index in [4.69, 9.17) is 4.74 Å². The molecule has 2 aromatic heterocycles. The lowest BCUT2D eigenvalue weighted by Crippen LogP contribution is -2.37. The van der Waals surface area contributed by atoms with Gasteiger partial charge in [0.05, 0.1) is 25.9 Å². The van der Waals surface area contributed by atoms with Crippen LogP contribution in [-0.4, -0.2) is 45.1 Å². The quantitative estimate of drug-likeness (QED) is 0.452. The summed E-state index contributed by atoms with van der Waals surface area (Å²) < 4.78 is 6.98. The maximum Gasteiger partial charge on any atom is 0.191 e. The standard InChI is InChI=1S/C17H22N8O/c1-18-17(19-10-13-8-9-21-25(13)2)20-11-15-22-16(24-23-15)12-4-6-14(26-3)7-5-12/h4-9H,10-11H2,1-3H3,(H2,18,19,20)(H,22,23,24). The molecule has 9 nitrogen and oxygen atoms in total. The van der Waals surface area contributed by atoms with Gasteiger partial charge in [0.15, 0.2) is 11.8 Å². The van der Waals surface area contributed by atoms with Gasteiger partial charge in [0.25, 0.3) is 0 Å². The maximum absolute atomic E-state index is 5.16. The molecule has 0 aliphatic heterocycles. The molecule has 0 fully saturated rings. The monoisotopic (exact) mass is 354 g/mol. The van der Waals surface area contributed by atoms with Crippen LogP contribution in [0.4, 0.5) is 0 Å². The van der Waals surface area contributed by atoms with Gasteiger partial charge in [0.2, 0.25) is 0 Å². The van der Waals surface area contributed by atoms with Crippen molar-refractivity contribution in [1.82, 2.24) is 35.6 Å². The summed E-state index contributed by atoms with van der Waals surface area (Å²) in [6.45, 7) is 1.11. The van der Waals surface area contributed by atoms with Gasteiger partial charge in [-0.05, 0) is 30.3 Å². The van der Waals surface area contributed by atoms with Crippen LogP contribution in [0.15, 0.2) is 41.5 Å². The molecule has 2 heterocycles. The topological polar surface area (TPSA) is 105 Å². The summed E-state index contributed by atoms with van der Waals surface area (Å²) >= 11 is 0. The molecule has 3 rings (SSSR count). The van der Waals surface area contributed by atoms with Gasteiger partial charge in [-0.25, -0.2) is 4.98 Å². The molecule has 26 heavy (non-hydrogen) atoms. The molecule has 0 saturated heterocycles. The lowest BCUT2D eigenvalue weighted by molar-refractivity contribution is 0.415. The first kappa shape index (κ1) is 17.5. The fraction of sp³-hybridized carbons (Fsp3) is 0.294. The Morgan fingerprint density at radius 2 is 1.96 bits per heavy atom. The zero-order valence-corrected chi connectivity index (χ0v) is 15.0. The highest BCUT2D eigenvalue weighted by atomic mass is 16.5. The zero-order chi connectivity index (χ0) is 18.4. The van der Waals surface area contributed by atoms with Crippen molar-refractivity contribution in [3.63, 3.8) is 0 Å². The Bertz CT molecular complexity index is 865. The molecule has 136 valence electrons. The van der Waals surface area contributed by atoms with Gasteiger partial charge < -0.3 is 15.4 Å². The minimum absolute atomic E-state index is 0.480. The van der Waals surface area contributed by atoms with Crippen molar-refractivity contribution in [2.75, 3.05) is 14.2 Å². The molecule has 0 atom stereocenters. The zero-order valence-electron chi connectivity index (χ0n) is 15.0. The van der Waals surface area contributed by atoms with Crippen molar-refractivity contribution in [1.29, 1.82) is 0 Å². The minimum atomic E-state index is 0.480. The summed E-state index contributed by atoms with van der Waals surface area (Å²) in [6, 6.07) is 9.57. The molecule has 0 spiro atoms. The van der Waals surface area contributed by atoms with Gasteiger partial charge >= 0.3 is 0 Å². The highest BCUT2D eigenvalue weighted by Gasteiger charge is 2.07.